The van der Waals surface area contributed by atoms with Crippen LogP contribution in [0.25, 0.3) is 16.9 Å². The lowest BCUT2D eigenvalue weighted by atomic mass is 10.1. The van der Waals surface area contributed by atoms with Crippen molar-refractivity contribution in [3.63, 3.8) is 0 Å². The van der Waals surface area contributed by atoms with Gasteiger partial charge in [-0.25, -0.2) is 9.97 Å². The summed E-state index contributed by atoms with van der Waals surface area (Å²) in [6.07, 6.45) is 8.64. The molecular weight excluding hydrogens is 376 g/mol. The molecule has 0 aliphatic rings. The molecule has 0 aliphatic carbocycles. The molecule has 0 spiro atoms. The van der Waals surface area contributed by atoms with Gasteiger partial charge in [0.15, 0.2) is 11.3 Å². The molecule has 4 rings (SSSR count). The average molecular weight is 394 g/mol. The van der Waals surface area contributed by atoms with Gasteiger partial charge in [-0.15, -0.1) is 6.42 Å². The van der Waals surface area contributed by atoms with Gasteiger partial charge in [0, 0.05) is 29.9 Å². The average Bonchev–Trinajstić information content (AvgIpc) is 3.21. The number of amides is 1. The summed E-state index contributed by atoms with van der Waals surface area (Å²) in [7, 11) is 0. The van der Waals surface area contributed by atoms with Crippen LogP contribution in [0.2, 0.25) is 0 Å². The number of aromatic nitrogens is 3. The smallest absolute Gasteiger partial charge is 0.224 e. The van der Waals surface area contributed by atoms with Gasteiger partial charge in [-0.2, -0.15) is 0 Å². The fourth-order valence-corrected chi connectivity index (χ4v) is 3.33. The third kappa shape index (κ3) is 3.45. The van der Waals surface area contributed by atoms with Crippen LogP contribution in [0.3, 0.4) is 0 Å². The van der Waals surface area contributed by atoms with Crippen LogP contribution < -0.4 is 4.90 Å². The number of hydrogen-bond acceptors (Lipinski definition) is 4. The number of carbonyl (C=O) groups is 2. The molecule has 6 heteroatoms. The number of ketones is 1. The highest BCUT2D eigenvalue weighted by molar-refractivity contribution is 6.11. The van der Waals surface area contributed by atoms with Crippen LogP contribution in [0.4, 0.5) is 5.69 Å². The van der Waals surface area contributed by atoms with Crippen molar-refractivity contribution >= 4 is 23.0 Å². The molecule has 30 heavy (non-hydrogen) atoms. The normalized spacial score (nSPS) is 10.5. The fraction of sp³-hybridized carbons (Fsp3) is 0.0833. The third-order valence-electron chi connectivity index (χ3n) is 4.77. The van der Waals surface area contributed by atoms with E-state index >= 15 is 0 Å². The van der Waals surface area contributed by atoms with Crippen molar-refractivity contribution in [2.24, 2.45) is 0 Å². The van der Waals surface area contributed by atoms with Gasteiger partial charge in [0.05, 0.1) is 12.2 Å². The third-order valence-corrected chi connectivity index (χ3v) is 4.77. The second-order valence-electron chi connectivity index (χ2n) is 6.67. The molecule has 0 atom stereocenters. The predicted octanol–water partition coefficient (Wildman–Crippen LogP) is 3.61. The highest BCUT2D eigenvalue weighted by atomic mass is 16.2. The lowest BCUT2D eigenvalue weighted by Crippen LogP contribution is -2.28. The summed E-state index contributed by atoms with van der Waals surface area (Å²) in [5, 5.41) is 0. The monoisotopic (exact) mass is 394 g/mol. The van der Waals surface area contributed by atoms with E-state index in [9.17, 15) is 9.59 Å². The van der Waals surface area contributed by atoms with E-state index in [1.54, 1.807) is 29.1 Å². The summed E-state index contributed by atoms with van der Waals surface area (Å²) in [4.78, 5) is 35.1. The number of imidazole rings is 1. The lowest BCUT2D eigenvalue weighted by Gasteiger charge is -2.19. The first kappa shape index (κ1) is 19.1. The number of nitrogens with zero attached hydrogens (tertiary/aromatic N) is 4. The Hall–Kier alpha value is -4.24. The minimum absolute atomic E-state index is 0.136. The molecular formula is C24H18N4O2. The van der Waals surface area contributed by atoms with Crippen LogP contribution >= 0.6 is 0 Å². The van der Waals surface area contributed by atoms with Gasteiger partial charge in [0.25, 0.3) is 0 Å². The highest BCUT2D eigenvalue weighted by Crippen LogP contribution is 2.26. The molecule has 6 nitrogen and oxygen atoms in total. The van der Waals surface area contributed by atoms with Crippen LogP contribution in [0.1, 0.15) is 23.0 Å². The number of carbonyl (C=O) groups excluding carboxylic acids is 2. The maximum atomic E-state index is 12.9. The molecule has 0 radical (unpaired) electrons. The van der Waals surface area contributed by atoms with Crippen molar-refractivity contribution in [1.82, 2.24) is 14.4 Å². The Labute approximate surface area is 173 Å². The summed E-state index contributed by atoms with van der Waals surface area (Å²) in [6, 6.07) is 18.3. The second kappa shape index (κ2) is 8.02. The Bertz CT molecular complexity index is 1290. The Kier molecular flexibility index (Phi) is 5.10. The molecule has 0 aliphatic heterocycles. The highest BCUT2D eigenvalue weighted by Gasteiger charge is 2.18. The molecule has 2 aromatic heterocycles. The maximum Gasteiger partial charge on any atom is 0.224 e. The summed E-state index contributed by atoms with van der Waals surface area (Å²) in [6.45, 7) is 1.66. The van der Waals surface area contributed by atoms with Gasteiger partial charge < -0.3 is 4.90 Å². The predicted molar refractivity (Wildman–Crippen MR) is 115 cm³/mol. The van der Waals surface area contributed by atoms with Crippen molar-refractivity contribution in [1.29, 1.82) is 0 Å². The van der Waals surface area contributed by atoms with E-state index in [1.807, 2.05) is 48.5 Å². The lowest BCUT2D eigenvalue weighted by molar-refractivity contribution is -0.116. The molecule has 146 valence electrons. The van der Waals surface area contributed by atoms with Crippen molar-refractivity contribution < 1.29 is 9.59 Å². The molecule has 0 fully saturated rings. The quantitative estimate of drug-likeness (QED) is 0.383. The zero-order valence-corrected chi connectivity index (χ0v) is 16.3. The Morgan fingerprint density at radius 1 is 1.07 bits per heavy atom. The van der Waals surface area contributed by atoms with E-state index in [-0.39, 0.29) is 23.9 Å². The second-order valence-corrected chi connectivity index (χ2v) is 6.67. The standard InChI is InChI=1S/C24H18N4O2/c1-3-14-27(17(2)29)20-11-7-10-19(15-20)21-12-13-25-24-22(26-16-28(21)24)23(30)18-8-5-4-6-9-18/h1,4-13,15-16H,14H2,2H3. The number of hydrogen-bond donors (Lipinski definition) is 0. The first-order valence-corrected chi connectivity index (χ1v) is 9.34. The number of fused-ring (bicyclic) bond motifs is 1. The van der Waals surface area contributed by atoms with Crippen LogP contribution in [-0.4, -0.2) is 32.6 Å². The summed E-state index contributed by atoms with van der Waals surface area (Å²) < 4.78 is 1.77. The summed E-state index contributed by atoms with van der Waals surface area (Å²) in [5.41, 5.74) is 3.66. The van der Waals surface area contributed by atoms with E-state index in [0.29, 0.717) is 16.9 Å². The molecule has 2 aromatic carbocycles. The largest absolute Gasteiger partial charge is 0.301 e. The van der Waals surface area contributed by atoms with Gasteiger partial charge >= 0.3 is 0 Å². The van der Waals surface area contributed by atoms with Crippen molar-refractivity contribution in [2.75, 3.05) is 11.4 Å². The van der Waals surface area contributed by atoms with Crippen LogP contribution in [0.5, 0.6) is 0 Å². The number of anilines is 1. The van der Waals surface area contributed by atoms with Crippen LogP contribution in [0.15, 0.2) is 73.2 Å². The van der Waals surface area contributed by atoms with Crippen molar-refractivity contribution in [3.05, 3.63) is 84.4 Å². The molecule has 0 saturated heterocycles. The molecule has 0 N–H and O–H groups in total. The molecule has 4 aromatic rings. The number of terminal acetylenes is 1. The molecule has 2 heterocycles. The molecule has 1 amide bonds. The van der Waals surface area contributed by atoms with E-state index < -0.39 is 0 Å². The van der Waals surface area contributed by atoms with Gasteiger partial charge in [-0.1, -0.05) is 48.4 Å². The Balaban J connectivity index is 1.79. The molecule has 0 unspecified atom stereocenters. The van der Waals surface area contributed by atoms with E-state index in [1.165, 1.54) is 11.8 Å². The SMILES string of the molecule is C#CCN(C(C)=O)c1cccc(-c2ccnc3c(C(=O)c4ccccc4)ncn23)c1. The van der Waals surface area contributed by atoms with Gasteiger partial charge in [-0.3, -0.25) is 14.0 Å². The van der Waals surface area contributed by atoms with Crippen LogP contribution in [0, 0.1) is 12.3 Å². The first-order chi connectivity index (χ1) is 14.6. The van der Waals surface area contributed by atoms with Crippen LogP contribution in [-0.2, 0) is 4.79 Å². The molecule has 0 saturated carbocycles. The first-order valence-electron chi connectivity index (χ1n) is 9.34. The Morgan fingerprint density at radius 3 is 2.60 bits per heavy atom. The van der Waals surface area contributed by atoms with Gasteiger partial charge in [0.2, 0.25) is 11.7 Å². The van der Waals surface area contributed by atoms with E-state index in [4.69, 9.17) is 6.42 Å². The molecule has 0 bridgehead atoms. The van der Waals surface area contributed by atoms with Gasteiger partial charge in [-0.05, 0) is 18.2 Å². The van der Waals surface area contributed by atoms with E-state index in [0.717, 1.165) is 11.3 Å². The number of rotatable bonds is 5. The van der Waals surface area contributed by atoms with Gasteiger partial charge in [0.1, 0.15) is 6.33 Å². The topological polar surface area (TPSA) is 67.6 Å². The number of benzene rings is 2. The zero-order chi connectivity index (χ0) is 21.1. The maximum absolute atomic E-state index is 12.9. The van der Waals surface area contributed by atoms with Crippen molar-refractivity contribution in [2.45, 2.75) is 6.92 Å². The minimum Gasteiger partial charge on any atom is -0.301 e. The van der Waals surface area contributed by atoms with E-state index in [2.05, 4.69) is 15.9 Å². The fourth-order valence-electron chi connectivity index (χ4n) is 3.33. The summed E-state index contributed by atoms with van der Waals surface area (Å²) in [5.74, 6) is 2.19. The van der Waals surface area contributed by atoms with Crippen molar-refractivity contribution in [3.8, 4) is 23.6 Å². The minimum atomic E-state index is -0.187. The zero-order valence-electron chi connectivity index (χ0n) is 16.3. The Morgan fingerprint density at radius 2 is 1.87 bits per heavy atom. The summed E-state index contributed by atoms with van der Waals surface area (Å²) >= 11 is 0.